The first-order chi connectivity index (χ1) is 7.16. The molecule has 1 aromatic heterocycles. The molecule has 4 heteroatoms. The molecule has 82 valence electrons. The second-order valence-electron chi connectivity index (χ2n) is 4.20. The van der Waals surface area contributed by atoms with Crippen LogP contribution in [0.5, 0.6) is 0 Å². The molecule has 0 bridgehead atoms. The Morgan fingerprint density at radius 2 is 2.40 bits per heavy atom. The van der Waals surface area contributed by atoms with E-state index in [2.05, 4.69) is 18.9 Å². The first-order valence-electron chi connectivity index (χ1n) is 5.34. The lowest BCUT2D eigenvalue weighted by Gasteiger charge is -2.20. The van der Waals surface area contributed by atoms with E-state index in [1.807, 2.05) is 10.9 Å². The third-order valence-corrected chi connectivity index (χ3v) is 2.64. The molecule has 0 aliphatic carbocycles. The molecule has 15 heavy (non-hydrogen) atoms. The van der Waals surface area contributed by atoms with E-state index in [1.165, 1.54) is 0 Å². The minimum absolute atomic E-state index is 0.0845. The molecule has 0 saturated carbocycles. The van der Waals surface area contributed by atoms with Crippen LogP contribution in [0.25, 0.3) is 0 Å². The molecule has 1 saturated heterocycles. The summed E-state index contributed by atoms with van der Waals surface area (Å²) in [7, 11) is 0. The molecule has 2 rings (SSSR count). The van der Waals surface area contributed by atoms with E-state index in [0.29, 0.717) is 25.5 Å². The Morgan fingerprint density at radius 3 is 3.00 bits per heavy atom. The van der Waals surface area contributed by atoms with Gasteiger partial charge in [-0.05, 0) is 13.8 Å². The molecule has 0 N–H and O–H groups in total. The number of Topliss-reactive ketones (excluding diaryl/α,β-unsaturated/α-hetero) is 1. The van der Waals surface area contributed by atoms with Gasteiger partial charge in [0.2, 0.25) is 0 Å². The Labute approximate surface area is 89.2 Å². The van der Waals surface area contributed by atoms with Gasteiger partial charge in [-0.1, -0.05) is 0 Å². The van der Waals surface area contributed by atoms with Crippen LogP contribution in [0.2, 0.25) is 0 Å². The summed E-state index contributed by atoms with van der Waals surface area (Å²) in [5.74, 6) is 0.281. The van der Waals surface area contributed by atoms with Gasteiger partial charge in [0, 0.05) is 30.6 Å². The lowest BCUT2D eigenvalue weighted by Crippen LogP contribution is -2.19. The molecule has 1 aliphatic heterocycles. The Morgan fingerprint density at radius 1 is 1.60 bits per heavy atom. The van der Waals surface area contributed by atoms with Gasteiger partial charge in [-0.3, -0.25) is 9.48 Å². The number of aromatic nitrogens is 2. The Balaban J connectivity index is 2.11. The predicted molar refractivity (Wildman–Crippen MR) is 55.5 cm³/mol. The monoisotopic (exact) mass is 208 g/mol. The smallest absolute Gasteiger partial charge is 0.138 e. The number of hydrogen-bond acceptors (Lipinski definition) is 3. The molecule has 0 aromatic carbocycles. The molecule has 0 amide bonds. The molecule has 1 fully saturated rings. The second kappa shape index (κ2) is 4.14. The molecular formula is C11H16N2O2. The van der Waals surface area contributed by atoms with Crippen molar-refractivity contribution in [3.05, 3.63) is 18.0 Å². The second-order valence-corrected chi connectivity index (χ2v) is 4.20. The average molecular weight is 208 g/mol. The minimum atomic E-state index is -0.0845. The number of rotatable bonds is 2. The van der Waals surface area contributed by atoms with E-state index in [1.54, 1.807) is 6.20 Å². The fourth-order valence-corrected chi connectivity index (χ4v) is 1.70. The summed E-state index contributed by atoms with van der Waals surface area (Å²) in [6.45, 7) is 4.68. The molecular weight excluding hydrogens is 192 g/mol. The summed E-state index contributed by atoms with van der Waals surface area (Å²) >= 11 is 0. The molecule has 1 aliphatic rings. The zero-order valence-electron chi connectivity index (χ0n) is 9.14. The molecule has 2 heterocycles. The van der Waals surface area contributed by atoms with Gasteiger partial charge in [-0.25, -0.2) is 0 Å². The summed E-state index contributed by atoms with van der Waals surface area (Å²) < 4.78 is 7.44. The first kappa shape index (κ1) is 10.4. The van der Waals surface area contributed by atoms with E-state index in [0.717, 1.165) is 5.56 Å². The maximum absolute atomic E-state index is 11.3. The van der Waals surface area contributed by atoms with Crippen molar-refractivity contribution in [3.8, 4) is 0 Å². The lowest BCUT2D eigenvalue weighted by atomic mass is 10.0. The van der Waals surface area contributed by atoms with Crippen LogP contribution in [-0.4, -0.2) is 22.2 Å². The number of nitrogens with zero attached hydrogens (tertiary/aromatic N) is 2. The SMILES string of the molecule is CC(C)n1cc(C2CC(=O)CCO2)cn1. The Kier molecular flexibility index (Phi) is 2.86. The zero-order chi connectivity index (χ0) is 10.8. The first-order valence-corrected chi connectivity index (χ1v) is 5.34. The molecule has 4 nitrogen and oxygen atoms in total. The van der Waals surface area contributed by atoms with Crippen molar-refractivity contribution >= 4 is 5.78 Å². The Bertz CT molecular complexity index is 357. The number of ether oxygens (including phenoxy) is 1. The van der Waals surface area contributed by atoms with E-state index in [-0.39, 0.29) is 11.9 Å². The average Bonchev–Trinajstić information content (AvgIpc) is 2.66. The predicted octanol–water partition coefficient (Wildman–Crippen LogP) is 1.88. The summed E-state index contributed by atoms with van der Waals surface area (Å²) in [6.07, 6.45) is 4.72. The number of hydrogen-bond donors (Lipinski definition) is 0. The molecule has 0 spiro atoms. The van der Waals surface area contributed by atoms with Crippen molar-refractivity contribution in [2.75, 3.05) is 6.61 Å². The van der Waals surface area contributed by atoms with Crippen molar-refractivity contribution in [1.29, 1.82) is 0 Å². The standard InChI is InChI=1S/C11H16N2O2/c1-8(2)13-7-9(6-12-13)11-5-10(14)3-4-15-11/h6-8,11H,3-5H2,1-2H3. The van der Waals surface area contributed by atoms with Crippen LogP contribution >= 0.6 is 0 Å². The largest absolute Gasteiger partial charge is 0.372 e. The van der Waals surface area contributed by atoms with Gasteiger partial charge in [0.1, 0.15) is 5.78 Å². The highest BCUT2D eigenvalue weighted by molar-refractivity contribution is 5.79. The van der Waals surface area contributed by atoms with Gasteiger partial charge < -0.3 is 4.74 Å². The maximum Gasteiger partial charge on any atom is 0.138 e. The van der Waals surface area contributed by atoms with Crippen LogP contribution < -0.4 is 0 Å². The third kappa shape index (κ3) is 2.26. The summed E-state index contributed by atoms with van der Waals surface area (Å²) in [5.41, 5.74) is 1.01. The van der Waals surface area contributed by atoms with Crippen LogP contribution in [0.4, 0.5) is 0 Å². The van der Waals surface area contributed by atoms with Crippen molar-refractivity contribution in [3.63, 3.8) is 0 Å². The van der Waals surface area contributed by atoms with Gasteiger partial charge in [-0.2, -0.15) is 5.10 Å². The van der Waals surface area contributed by atoms with Crippen LogP contribution in [0, 0.1) is 0 Å². The van der Waals surface area contributed by atoms with Gasteiger partial charge in [0.05, 0.1) is 18.9 Å². The van der Waals surface area contributed by atoms with Crippen LogP contribution in [0.1, 0.15) is 44.4 Å². The van der Waals surface area contributed by atoms with Crippen LogP contribution in [-0.2, 0) is 9.53 Å². The van der Waals surface area contributed by atoms with E-state index in [4.69, 9.17) is 4.74 Å². The number of carbonyl (C=O) groups excluding carboxylic acids is 1. The minimum Gasteiger partial charge on any atom is -0.372 e. The van der Waals surface area contributed by atoms with Crippen molar-refractivity contribution in [1.82, 2.24) is 9.78 Å². The van der Waals surface area contributed by atoms with Crippen molar-refractivity contribution in [2.24, 2.45) is 0 Å². The van der Waals surface area contributed by atoms with Crippen molar-refractivity contribution < 1.29 is 9.53 Å². The number of carbonyl (C=O) groups is 1. The van der Waals surface area contributed by atoms with Crippen LogP contribution in [0.3, 0.4) is 0 Å². The molecule has 0 radical (unpaired) electrons. The van der Waals surface area contributed by atoms with E-state index in [9.17, 15) is 4.79 Å². The fraction of sp³-hybridized carbons (Fsp3) is 0.636. The summed E-state index contributed by atoms with van der Waals surface area (Å²) in [6, 6.07) is 0.345. The van der Waals surface area contributed by atoms with Gasteiger partial charge >= 0.3 is 0 Å². The highest BCUT2D eigenvalue weighted by Gasteiger charge is 2.22. The topological polar surface area (TPSA) is 44.1 Å². The summed E-state index contributed by atoms with van der Waals surface area (Å²) in [5, 5.41) is 4.24. The highest BCUT2D eigenvalue weighted by Crippen LogP contribution is 2.26. The molecule has 1 atom stereocenters. The van der Waals surface area contributed by atoms with Crippen molar-refractivity contribution in [2.45, 2.75) is 38.8 Å². The van der Waals surface area contributed by atoms with Gasteiger partial charge in [0.15, 0.2) is 0 Å². The highest BCUT2D eigenvalue weighted by atomic mass is 16.5. The summed E-state index contributed by atoms with van der Waals surface area (Å²) in [4.78, 5) is 11.3. The molecule has 1 unspecified atom stereocenters. The number of ketones is 1. The lowest BCUT2D eigenvalue weighted by molar-refractivity contribution is -0.128. The fourth-order valence-electron chi connectivity index (χ4n) is 1.70. The van der Waals surface area contributed by atoms with Gasteiger partial charge in [0.25, 0.3) is 0 Å². The third-order valence-electron chi connectivity index (χ3n) is 2.64. The molecule has 1 aromatic rings. The Hall–Kier alpha value is -1.16. The van der Waals surface area contributed by atoms with E-state index >= 15 is 0 Å². The maximum atomic E-state index is 11.3. The van der Waals surface area contributed by atoms with E-state index < -0.39 is 0 Å². The quantitative estimate of drug-likeness (QED) is 0.745. The zero-order valence-corrected chi connectivity index (χ0v) is 9.14. The van der Waals surface area contributed by atoms with Crippen LogP contribution in [0.15, 0.2) is 12.4 Å². The normalized spacial score (nSPS) is 22.3. The van der Waals surface area contributed by atoms with Gasteiger partial charge in [-0.15, -0.1) is 0 Å².